The van der Waals surface area contributed by atoms with Crippen molar-refractivity contribution in [1.29, 1.82) is 0 Å². The Labute approximate surface area is 207 Å². The van der Waals surface area contributed by atoms with E-state index in [-0.39, 0.29) is 25.0 Å². The van der Waals surface area contributed by atoms with E-state index in [1.165, 1.54) is 0 Å². The third-order valence-corrected chi connectivity index (χ3v) is 5.57. The first kappa shape index (κ1) is 25.8. The van der Waals surface area contributed by atoms with Gasteiger partial charge in [0.2, 0.25) is 5.91 Å². The molecule has 0 saturated heterocycles. The molecule has 1 N–H and O–H groups in total. The summed E-state index contributed by atoms with van der Waals surface area (Å²) in [4.78, 5) is 28.5. The number of nitrogens with zero attached hydrogens (tertiary/aromatic N) is 1. The van der Waals surface area contributed by atoms with Crippen molar-refractivity contribution in [3.05, 3.63) is 96.1 Å². The lowest BCUT2D eigenvalue weighted by Crippen LogP contribution is -2.52. The maximum Gasteiger partial charge on any atom is 0.261 e. The van der Waals surface area contributed by atoms with Crippen molar-refractivity contribution in [1.82, 2.24) is 10.2 Å². The molecule has 1 atom stereocenters. The summed E-state index contributed by atoms with van der Waals surface area (Å²) in [5, 5.41) is 3.02. The van der Waals surface area contributed by atoms with Gasteiger partial charge in [-0.15, -0.1) is 0 Å². The number of hydrogen-bond acceptors (Lipinski definition) is 4. The monoisotopic (exact) mass is 474 g/mol. The number of nitrogens with one attached hydrogen (secondary N) is 1. The summed E-state index contributed by atoms with van der Waals surface area (Å²) < 4.78 is 11.0. The summed E-state index contributed by atoms with van der Waals surface area (Å²) in [6.45, 7) is 4.73. The Morgan fingerprint density at radius 1 is 0.829 bits per heavy atom. The Morgan fingerprint density at radius 2 is 1.46 bits per heavy atom. The molecule has 3 aromatic rings. The van der Waals surface area contributed by atoms with Crippen molar-refractivity contribution < 1.29 is 19.1 Å². The van der Waals surface area contributed by atoms with Gasteiger partial charge in [-0.2, -0.15) is 0 Å². The maximum absolute atomic E-state index is 13.5. The van der Waals surface area contributed by atoms with Crippen molar-refractivity contribution in [2.24, 2.45) is 5.92 Å². The average Bonchev–Trinajstić information content (AvgIpc) is 2.89. The molecule has 0 radical (unpaired) electrons. The third-order valence-electron chi connectivity index (χ3n) is 5.57. The highest BCUT2D eigenvalue weighted by molar-refractivity contribution is 5.88. The van der Waals surface area contributed by atoms with Gasteiger partial charge in [0.05, 0.1) is 7.11 Å². The minimum Gasteiger partial charge on any atom is -0.497 e. The lowest BCUT2D eigenvalue weighted by Gasteiger charge is -2.31. The van der Waals surface area contributed by atoms with Crippen LogP contribution in [0.5, 0.6) is 11.5 Å². The molecule has 3 aromatic carbocycles. The van der Waals surface area contributed by atoms with Gasteiger partial charge in [0.1, 0.15) is 17.5 Å². The summed E-state index contributed by atoms with van der Waals surface area (Å²) in [7, 11) is 1.61. The van der Waals surface area contributed by atoms with Gasteiger partial charge in [0.15, 0.2) is 6.61 Å². The van der Waals surface area contributed by atoms with E-state index in [2.05, 4.69) is 5.32 Å². The number of carbonyl (C=O) groups excluding carboxylic acids is 2. The van der Waals surface area contributed by atoms with Crippen LogP contribution in [0.15, 0.2) is 84.9 Å². The highest BCUT2D eigenvalue weighted by Crippen LogP contribution is 2.18. The van der Waals surface area contributed by atoms with Gasteiger partial charge in [-0.25, -0.2) is 0 Å². The van der Waals surface area contributed by atoms with Crippen molar-refractivity contribution in [2.75, 3.05) is 20.3 Å². The van der Waals surface area contributed by atoms with Crippen LogP contribution in [0.25, 0.3) is 0 Å². The second kappa shape index (κ2) is 13.2. The number of hydrogen-bond donors (Lipinski definition) is 1. The van der Waals surface area contributed by atoms with Crippen LogP contribution < -0.4 is 14.8 Å². The average molecular weight is 475 g/mol. The summed E-state index contributed by atoms with van der Waals surface area (Å²) >= 11 is 0. The van der Waals surface area contributed by atoms with Gasteiger partial charge >= 0.3 is 0 Å². The predicted octanol–water partition coefficient (Wildman–Crippen LogP) is 4.49. The van der Waals surface area contributed by atoms with Crippen LogP contribution in [0.2, 0.25) is 0 Å². The zero-order valence-corrected chi connectivity index (χ0v) is 20.6. The first-order chi connectivity index (χ1) is 17.0. The number of methoxy groups -OCH3 is 1. The number of carbonyl (C=O) groups is 2. The molecule has 0 aromatic heterocycles. The molecule has 0 spiro atoms. The fraction of sp³-hybridized carbons (Fsp3) is 0.310. The molecule has 6 heteroatoms. The molecule has 0 bridgehead atoms. The highest BCUT2D eigenvalue weighted by atomic mass is 16.5. The molecule has 0 aliphatic carbocycles. The summed E-state index contributed by atoms with van der Waals surface area (Å²) in [6, 6.07) is 25.8. The standard InChI is InChI=1S/C29H34N2O4/c1-22(2)19-30-29(33)27(18-23-10-6-4-7-11-23)31(20-24-14-16-25(34-3)17-15-24)28(32)21-35-26-12-8-5-9-13-26/h4-17,22,27H,18-21H2,1-3H3,(H,30,33). The normalized spacial score (nSPS) is 11.5. The Bertz CT molecular complexity index is 1050. The van der Waals surface area contributed by atoms with E-state index in [9.17, 15) is 9.59 Å². The van der Waals surface area contributed by atoms with E-state index in [1.54, 1.807) is 24.1 Å². The van der Waals surface area contributed by atoms with Crippen LogP contribution in [-0.4, -0.2) is 43.0 Å². The van der Waals surface area contributed by atoms with Gasteiger partial charge in [-0.1, -0.05) is 74.5 Å². The number of ether oxygens (including phenoxy) is 2. The van der Waals surface area contributed by atoms with E-state index >= 15 is 0 Å². The quantitative estimate of drug-likeness (QED) is 0.420. The van der Waals surface area contributed by atoms with Gasteiger partial charge in [0, 0.05) is 19.5 Å². The van der Waals surface area contributed by atoms with E-state index in [0.29, 0.717) is 24.6 Å². The molecule has 35 heavy (non-hydrogen) atoms. The molecule has 0 aliphatic rings. The van der Waals surface area contributed by atoms with Crippen LogP contribution in [0.1, 0.15) is 25.0 Å². The minimum absolute atomic E-state index is 0.164. The van der Waals surface area contributed by atoms with Crippen LogP contribution in [0, 0.1) is 5.92 Å². The maximum atomic E-state index is 13.5. The minimum atomic E-state index is -0.690. The zero-order valence-electron chi connectivity index (χ0n) is 20.6. The predicted molar refractivity (Wildman–Crippen MR) is 137 cm³/mol. The van der Waals surface area contributed by atoms with E-state index in [4.69, 9.17) is 9.47 Å². The van der Waals surface area contributed by atoms with Gasteiger partial charge in [0.25, 0.3) is 5.91 Å². The number of benzene rings is 3. The Hall–Kier alpha value is -3.80. The molecule has 184 valence electrons. The smallest absolute Gasteiger partial charge is 0.261 e. The second-order valence-corrected chi connectivity index (χ2v) is 8.82. The first-order valence-electron chi connectivity index (χ1n) is 11.9. The first-order valence-corrected chi connectivity index (χ1v) is 11.9. The van der Waals surface area contributed by atoms with E-state index in [1.807, 2.05) is 86.6 Å². The Balaban J connectivity index is 1.89. The third kappa shape index (κ3) is 8.18. The molecular formula is C29H34N2O4. The van der Waals surface area contributed by atoms with E-state index < -0.39 is 6.04 Å². The Kier molecular flexibility index (Phi) is 9.72. The van der Waals surface area contributed by atoms with Crippen molar-refractivity contribution in [3.63, 3.8) is 0 Å². The van der Waals surface area contributed by atoms with Gasteiger partial charge in [-0.05, 0) is 41.3 Å². The van der Waals surface area contributed by atoms with Crippen LogP contribution in [-0.2, 0) is 22.6 Å². The SMILES string of the molecule is COc1ccc(CN(C(=O)COc2ccccc2)C(Cc2ccccc2)C(=O)NCC(C)C)cc1. The van der Waals surface area contributed by atoms with Crippen molar-refractivity contribution >= 4 is 11.8 Å². The van der Waals surface area contributed by atoms with Crippen molar-refractivity contribution in [3.8, 4) is 11.5 Å². The molecule has 0 heterocycles. The molecule has 0 saturated carbocycles. The number of para-hydroxylation sites is 1. The summed E-state index contributed by atoms with van der Waals surface area (Å²) in [5.74, 6) is 1.20. The summed E-state index contributed by atoms with van der Waals surface area (Å²) in [6.07, 6.45) is 0.401. The number of rotatable bonds is 12. The van der Waals surface area contributed by atoms with Gasteiger partial charge < -0.3 is 19.7 Å². The van der Waals surface area contributed by atoms with Crippen molar-refractivity contribution in [2.45, 2.75) is 32.9 Å². The molecule has 2 amide bonds. The molecular weight excluding hydrogens is 440 g/mol. The summed E-state index contributed by atoms with van der Waals surface area (Å²) in [5.41, 5.74) is 1.88. The fourth-order valence-corrected chi connectivity index (χ4v) is 3.65. The van der Waals surface area contributed by atoms with Crippen LogP contribution in [0.3, 0.4) is 0 Å². The molecule has 0 fully saturated rings. The molecule has 1 unspecified atom stereocenters. The highest BCUT2D eigenvalue weighted by Gasteiger charge is 2.30. The van der Waals surface area contributed by atoms with E-state index in [0.717, 1.165) is 16.9 Å². The second-order valence-electron chi connectivity index (χ2n) is 8.82. The largest absolute Gasteiger partial charge is 0.497 e. The fourth-order valence-electron chi connectivity index (χ4n) is 3.65. The van der Waals surface area contributed by atoms with Crippen LogP contribution >= 0.6 is 0 Å². The Morgan fingerprint density at radius 3 is 2.06 bits per heavy atom. The molecule has 6 nitrogen and oxygen atoms in total. The lowest BCUT2D eigenvalue weighted by atomic mass is 10.0. The topological polar surface area (TPSA) is 67.9 Å². The zero-order chi connectivity index (χ0) is 25.0. The molecule has 0 aliphatic heterocycles. The molecule has 3 rings (SSSR count). The number of amides is 2. The van der Waals surface area contributed by atoms with Gasteiger partial charge in [-0.3, -0.25) is 9.59 Å². The lowest BCUT2D eigenvalue weighted by molar-refractivity contribution is -0.142. The van der Waals surface area contributed by atoms with Crippen LogP contribution in [0.4, 0.5) is 0 Å².